The van der Waals surface area contributed by atoms with Gasteiger partial charge < -0.3 is 14.9 Å². The molecule has 2 saturated heterocycles. The molecule has 2 aliphatic rings. The molecule has 7 heteroatoms. The number of carbonyl (C=O) groups excluding carboxylic acids is 2. The minimum absolute atomic E-state index is 0.00473. The second-order valence-corrected chi connectivity index (χ2v) is 8.08. The molecule has 3 rings (SSSR count). The van der Waals surface area contributed by atoms with Gasteiger partial charge in [0.25, 0.3) is 5.91 Å². The monoisotopic (exact) mass is 423 g/mol. The van der Waals surface area contributed by atoms with Crippen molar-refractivity contribution in [2.45, 2.75) is 32.2 Å². The van der Waals surface area contributed by atoms with Gasteiger partial charge >= 0.3 is 0 Å². The van der Waals surface area contributed by atoms with Crippen molar-refractivity contribution >= 4 is 27.7 Å². The molecule has 1 aromatic carbocycles. The van der Waals surface area contributed by atoms with E-state index in [4.69, 9.17) is 0 Å². The maximum absolute atomic E-state index is 12.6. The van der Waals surface area contributed by atoms with Gasteiger partial charge in [0.15, 0.2) is 0 Å². The summed E-state index contributed by atoms with van der Waals surface area (Å²) in [6.07, 6.45) is 3.38. The highest BCUT2D eigenvalue weighted by Crippen LogP contribution is 2.24. The van der Waals surface area contributed by atoms with E-state index in [1.807, 2.05) is 4.90 Å². The number of amides is 2. The zero-order valence-electron chi connectivity index (χ0n) is 15.2. The predicted molar refractivity (Wildman–Crippen MR) is 103 cm³/mol. The zero-order chi connectivity index (χ0) is 18.7. The van der Waals surface area contributed by atoms with E-state index in [1.165, 1.54) is 12.5 Å². The van der Waals surface area contributed by atoms with Crippen molar-refractivity contribution in [3.63, 3.8) is 0 Å². The summed E-state index contributed by atoms with van der Waals surface area (Å²) in [6.45, 7) is 5.89. The van der Waals surface area contributed by atoms with Crippen molar-refractivity contribution in [2.75, 3.05) is 39.3 Å². The molecule has 2 aliphatic heterocycles. The first kappa shape index (κ1) is 19.2. The maximum Gasteiger partial charge on any atom is 0.257 e. The van der Waals surface area contributed by atoms with Crippen LogP contribution in [0.3, 0.4) is 0 Å². The van der Waals surface area contributed by atoms with Crippen molar-refractivity contribution in [3.05, 3.63) is 28.2 Å². The van der Waals surface area contributed by atoms with Crippen LogP contribution in [0.4, 0.5) is 0 Å². The van der Waals surface area contributed by atoms with Crippen molar-refractivity contribution in [3.8, 4) is 5.75 Å². The number of phenols is 1. The normalized spacial score (nSPS) is 21.7. The highest BCUT2D eigenvalue weighted by Gasteiger charge is 2.28. The summed E-state index contributed by atoms with van der Waals surface area (Å²) in [5.74, 6) is 0.0240. The molecule has 26 heavy (non-hydrogen) atoms. The third kappa shape index (κ3) is 4.38. The molecule has 0 aliphatic carbocycles. The van der Waals surface area contributed by atoms with Gasteiger partial charge in [0, 0.05) is 43.2 Å². The van der Waals surface area contributed by atoms with E-state index in [2.05, 4.69) is 27.8 Å². The van der Waals surface area contributed by atoms with Crippen molar-refractivity contribution in [1.82, 2.24) is 14.7 Å². The van der Waals surface area contributed by atoms with Crippen LogP contribution >= 0.6 is 15.9 Å². The van der Waals surface area contributed by atoms with Crippen molar-refractivity contribution in [1.29, 1.82) is 0 Å². The summed E-state index contributed by atoms with van der Waals surface area (Å²) >= 11 is 3.34. The Labute approximate surface area is 162 Å². The Balaban J connectivity index is 1.53. The third-order valence-electron chi connectivity index (χ3n) is 5.33. The van der Waals surface area contributed by atoms with Gasteiger partial charge in [-0.05, 0) is 44.4 Å². The van der Waals surface area contributed by atoms with Gasteiger partial charge in [0.2, 0.25) is 5.91 Å². The average molecular weight is 424 g/mol. The molecular weight excluding hydrogens is 398 g/mol. The fourth-order valence-corrected chi connectivity index (χ4v) is 4.07. The average Bonchev–Trinajstić information content (AvgIpc) is 2.64. The van der Waals surface area contributed by atoms with E-state index in [-0.39, 0.29) is 17.6 Å². The number of hydrogen-bond acceptors (Lipinski definition) is 4. The first-order chi connectivity index (χ1) is 12.5. The van der Waals surface area contributed by atoms with Crippen molar-refractivity contribution in [2.24, 2.45) is 0 Å². The van der Waals surface area contributed by atoms with E-state index in [0.717, 1.165) is 23.9 Å². The Kier molecular flexibility index (Phi) is 6.19. The van der Waals surface area contributed by atoms with E-state index in [1.54, 1.807) is 17.0 Å². The Hall–Kier alpha value is -1.60. The molecule has 1 atom stereocenters. The number of piperazine rings is 1. The molecule has 2 fully saturated rings. The number of nitrogens with zero attached hydrogens (tertiary/aromatic N) is 3. The Morgan fingerprint density at radius 3 is 2.58 bits per heavy atom. The lowest BCUT2D eigenvalue weighted by Crippen LogP contribution is -2.53. The van der Waals surface area contributed by atoms with Crippen LogP contribution in [0.15, 0.2) is 22.7 Å². The molecule has 0 radical (unpaired) electrons. The van der Waals surface area contributed by atoms with Crippen LogP contribution in [-0.4, -0.2) is 76.9 Å². The number of aromatic hydroxyl groups is 1. The topological polar surface area (TPSA) is 64.1 Å². The maximum atomic E-state index is 12.6. The SMILES string of the molecule is C[C@H]1CCCCN1C(=O)CN1CCN(C(=O)c2cc(Br)ccc2O)CC1. The van der Waals surface area contributed by atoms with E-state index < -0.39 is 0 Å². The molecule has 0 spiro atoms. The quantitative estimate of drug-likeness (QED) is 0.809. The lowest BCUT2D eigenvalue weighted by molar-refractivity contribution is -0.136. The minimum Gasteiger partial charge on any atom is -0.507 e. The van der Waals surface area contributed by atoms with Crippen LogP contribution in [0.5, 0.6) is 5.75 Å². The summed E-state index contributed by atoms with van der Waals surface area (Å²) in [6, 6.07) is 5.20. The summed E-state index contributed by atoms with van der Waals surface area (Å²) in [5, 5.41) is 9.95. The summed E-state index contributed by atoms with van der Waals surface area (Å²) < 4.78 is 0.763. The largest absolute Gasteiger partial charge is 0.507 e. The van der Waals surface area contributed by atoms with Gasteiger partial charge in [-0.15, -0.1) is 0 Å². The Morgan fingerprint density at radius 2 is 1.88 bits per heavy atom. The fraction of sp³-hybridized carbons (Fsp3) is 0.579. The van der Waals surface area contributed by atoms with Crippen LogP contribution in [-0.2, 0) is 4.79 Å². The molecule has 142 valence electrons. The number of hydrogen-bond donors (Lipinski definition) is 1. The molecule has 6 nitrogen and oxygen atoms in total. The molecular formula is C19H26BrN3O3. The van der Waals surface area contributed by atoms with Crippen LogP contribution in [0.2, 0.25) is 0 Å². The molecule has 2 amide bonds. The number of carbonyl (C=O) groups is 2. The molecule has 0 bridgehead atoms. The lowest BCUT2D eigenvalue weighted by Gasteiger charge is -2.38. The molecule has 0 aromatic heterocycles. The molecule has 2 heterocycles. The number of likely N-dealkylation sites (tertiary alicyclic amines) is 1. The smallest absolute Gasteiger partial charge is 0.257 e. The lowest BCUT2D eigenvalue weighted by atomic mass is 10.0. The standard InChI is InChI=1S/C19H26BrN3O3/c1-14-4-2-3-7-23(14)18(25)13-21-8-10-22(11-9-21)19(26)16-12-15(20)5-6-17(16)24/h5-6,12,14,24H,2-4,7-11,13H2,1H3/t14-/m0/s1. The highest BCUT2D eigenvalue weighted by atomic mass is 79.9. The van der Waals surface area contributed by atoms with Crippen molar-refractivity contribution < 1.29 is 14.7 Å². The molecule has 0 unspecified atom stereocenters. The van der Waals surface area contributed by atoms with Gasteiger partial charge in [-0.2, -0.15) is 0 Å². The first-order valence-electron chi connectivity index (χ1n) is 9.25. The van der Waals surface area contributed by atoms with Gasteiger partial charge in [-0.1, -0.05) is 15.9 Å². The van der Waals surface area contributed by atoms with E-state index in [0.29, 0.717) is 44.3 Å². The minimum atomic E-state index is -0.167. The summed E-state index contributed by atoms with van der Waals surface area (Å²) in [4.78, 5) is 31.1. The second-order valence-electron chi connectivity index (χ2n) is 7.16. The molecule has 1 N–H and O–H groups in total. The van der Waals surface area contributed by atoms with Gasteiger partial charge in [0.05, 0.1) is 12.1 Å². The third-order valence-corrected chi connectivity index (χ3v) is 5.82. The van der Waals surface area contributed by atoms with Gasteiger partial charge in [-0.25, -0.2) is 0 Å². The number of rotatable bonds is 3. The number of halogens is 1. The predicted octanol–water partition coefficient (Wildman–Crippen LogP) is 2.31. The van der Waals surface area contributed by atoms with Crippen LogP contribution in [0.25, 0.3) is 0 Å². The Bertz CT molecular complexity index is 674. The molecule has 1 aromatic rings. The zero-order valence-corrected chi connectivity index (χ0v) is 16.7. The van der Waals surface area contributed by atoms with E-state index in [9.17, 15) is 14.7 Å². The first-order valence-corrected chi connectivity index (χ1v) is 10.0. The van der Waals surface area contributed by atoms with Gasteiger partial charge in [-0.3, -0.25) is 14.5 Å². The summed E-state index contributed by atoms with van der Waals surface area (Å²) in [7, 11) is 0. The second kappa shape index (κ2) is 8.39. The van der Waals surface area contributed by atoms with Crippen LogP contribution in [0.1, 0.15) is 36.5 Å². The highest BCUT2D eigenvalue weighted by molar-refractivity contribution is 9.10. The van der Waals surface area contributed by atoms with Gasteiger partial charge in [0.1, 0.15) is 5.75 Å². The summed E-state index contributed by atoms with van der Waals surface area (Å²) in [5.41, 5.74) is 0.311. The number of phenolic OH excluding ortho intramolecular Hbond substituents is 1. The van der Waals surface area contributed by atoms with E-state index >= 15 is 0 Å². The number of piperidine rings is 1. The van der Waals surface area contributed by atoms with Crippen LogP contribution in [0, 0.1) is 0 Å². The molecule has 0 saturated carbocycles. The number of benzene rings is 1. The van der Waals surface area contributed by atoms with Crippen LogP contribution < -0.4 is 0 Å². The Morgan fingerprint density at radius 1 is 1.15 bits per heavy atom. The fourth-order valence-electron chi connectivity index (χ4n) is 3.71.